The zero-order valence-corrected chi connectivity index (χ0v) is 19.3. The summed E-state index contributed by atoms with van der Waals surface area (Å²) >= 11 is 3.68. The Morgan fingerprint density at radius 1 is 1.22 bits per heavy atom. The summed E-state index contributed by atoms with van der Waals surface area (Å²) in [5.41, 5.74) is 3.36. The average Bonchev–Trinajstić information content (AvgIpc) is 3.55. The number of rotatable bonds is 5. The molecule has 1 fully saturated rings. The Hall–Kier alpha value is -3.00. The number of aromatic nitrogens is 2. The van der Waals surface area contributed by atoms with E-state index in [1.807, 2.05) is 24.3 Å². The number of halogens is 2. The SMILES string of the molecule is COc1ccc2c(c1)N(Cc1ccc(C)c(F)c1)C(=O)CC(c1nnc(C3CC3)o1)=C2Br. The van der Waals surface area contributed by atoms with Gasteiger partial charge in [0.05, 0.1) is 25.8 Å². The third-order valence-electron chi connectivity index (χ3n) is 5.83. The van der Waals surface area contributed by atoms with Crippen molar-refractivity contribution in [2.75, 3.05) is 12.0 Å². The van der Waals surface area contributed by atoms with Gasteiger partial charge in [0.2, 0.25) is 17.7 Å². The van der Waals surface area contributed by atoms with Crippen LogP contribution in [0.25, 0.3) is 10.1 Å². The van der Waals surface area contributed by atoms with Crippen LogP contribution in [0.1, 0.15) is 53.7 Å². The molecule has 5 rings (SSSR count). The van der Waals surface area contributed by atoms with E-state index in [4.69, 9.17) is 9.15 Å². The summed E-state index contributed by atoms with van der Waals surface area (Å²) in [5.74, 6) is 1.45. The zero-order valence-electron chi connectivity index (χ0n) is 17.7. The van der Waals surface area contributed by atoms with Gasteiger partial charge in [0, 0.05) is 27.6 Å². The summed E-state index contributed by atoms with van der Waals surface area (Å²) in [6.45, 7) is 1.94. The second-order valence-electron chi connectivity index (χ2n) is 8.14. The highest BCUT2D eigenvalue weighted by Crippen LogP contribution is 2.45. The van der Waals surface area contributed by atoms with Crippen LogP contribution in [0.2, 0.25) is 0 Å². The predicted octanol–water partition coefficient (Wildman–Crippen LogP) is 5.60. The molecule has 0 bridgehead atoms. The topological polar surface area (TPSA) is 68.5 Å². The van der Waals surface area contributed by atoms with Crippen molar-refractivity contribution in [1.82, 2.24) is 10.2 Å². The fraction of sp³-hybridized carbons (Fsp3) is 0.292. The van der Waals surface area contributed by atoms with E-state index in [2.05, 4.69) is 26.1 Å². The molecule has 0 spiro atoms. The highest BCUT2D eigenvalue weighted by Gasteiger charge is 2.33. The van der Waals surface area contributed by atoms with Gasteiger partial charge in [-0.15, -0.1) is 10.2 Å². The molecule has 1 amide bonds. The van der Waals surface area contributed by atoms with Crippen LogP contribution in [0.4, 0.5) is 10.1 Å². The Morgan fingerprint density at radius 2 is 2.03 bits per heavy atom. The smallest absolute Gasteiger partial charge is 0.245 e. The van der Waals surface area contributed by atoms with Crippen LogP contribution in [-0.4, -0.2) is 23.2 Å². The molecule has 32 heavy (non-hydrogen) atoms. The van der Waals surface area contributed by atoms with Gasteiger partial charge in [0.15, 0.2) is 0 Å². The highest BCUT2D eigenvalue weighted by molar-refractivity contribution is 9.15. The molecular formula is C24H21BrFN3O3. The largest absolute Gasteiger partial charge is 0.497 e. The molecule has 1 saturated carbocycles. The lowest BCUT2D eigenvalue weighted by atomic mass is 10.1. The quantitative estimate of drug-likeness (QED) is 0.458. The third kappa shape index (κ3) is 3.83. The van der Waals surface area contributed by atoms with Crippen LogP contribution < -0.4 is 9.64 Å². The lowest BCUT2D eigenvalue weighted by Crippen LogP contribution is -2.30. The van der Waals surface area contributed by atoms with Crippen LogP contribution in [0.3, 0.4) is 0 Å². The molecule has 1 aliphatic heterocycles. The molecule has 1 aliphatic carbocycles. The van der Waals surface area contributed by atoms with Gasteiger partial charge in [-0.05, 0) is 65.0 Å². The van der Waals surface area contributed by atoms with Crippen LogP contribution in [0.15, 0.2) is 40.8 Å². The summed E-state index contributed by atoms with van der Waals surface area (Å²) in [5, 5.41) is 8.39. The maximum atomic E-state index is 14.2. The van der Waals surface area contributed by atoms with Crippen molar-refractivity contribution in [2.24, 2.45) is 0 Å². The molecule has 0 N–H and O–H groups in total. The first-order valence-corrected chi connectivity index (χ1v) is 11.2. The van der Waals surface area contributed by atoms with Gasteiger partial charge in [0.25, 0.3) is 0 Å². The molecular weight excluding hydrogens is 477 g/mol. The molecule has 2 aromatic carbocycles. The first-order chi connectivity index (χ1) is 15.4. The number of hydrogen-bond acceptors (Lipinski definition) is 5. The normalized spacial score (nSPS) is 16.2. The van der Waals surface area contributed by atoms with Gasteiger partial charge in [-0.3, -0.25) is 4.79 Å². The molecule has 2 heterocycles. The predicted molar refractivity (Wildman–Crippen MR) is 122 cm³/mol. The number of methoxy groups -OCH3 is 1. The number of carbonyl (C=O) groups excluding carboxylic acids is 1. The highest BCUT2D eigenvalue weighted by atomic mass is 79.9. The monoisotopic (exact) mass is 497 g/mol. The van der Waals surface area contributed by atoms with Crippen molar-refractivity contribution in [3.63, 3.8) is 0 Å². The number of benzene rings is 2. The second kappa shape index (κ2) is 8.16. The molecule has 8 heteroatoms. The minimum Gasteiger partial charge on any atom is -0.497 e. The fourth-order valence-electron chi connectivity index (χ4n) is 3.78. The number of nitrogens with zero attached hydrogens (tertiary/aromatic N) is 3. The Balaban J connectivity index is 1.58. The van der Waals surface area contributed by atoms with E-state index in [1.54, 1.807) is 25.0 Å². The van der Waals surface area contributed by atoms with Crippen LogP contribution in [0, 0.1) is 12.7 Å². The van der Waals surface area contributed by atoms with Crippen molar-refractivity contribution in [1.29, 1.82) is 0 Å². The number of ether oxygens (including phenoxy) is 1. The molecule has 3 aromatic rings. The number of fused-ring (bicyclic) bond motifs is 1. The molecule has 1 aromatic heterocycles. The van der Waals surface area contributed by atoms with Gasteiger partial charge in [-0.2, -0.15) is 0 Å². The first-order valence-electron chi connectivity index (χ1n) is 10.4. The Kier molecular flexibility index (Phi) is 5.33. The number of amides is 1. The molecule has 0 radical (unpaired) electrons. The van der Waals surface area contributed by atoms with Crippen molar-refractivity contribution in [2.45, 2.75) is 38.6 Å². The maximum absolute atomic E-state index is 14.2. The Labute approximate surface area is 193 Å². The molecule has 0 saturated heterocycles. The molecule has 164 valence electrons. The van der Waals surface area contributed by atoms with Crippen molar-refractivity contribution < 1.29 is 18.3 Å². The van der Waals surface area contributed by atoms with Crippen LogP contribution >= 0.6 is 15.9 Å². The van der Waals surface area contributed by atoms with Crippen molar-refractivity contribution in [3.05, 3.63) is 70.7 Å². The van der Waals surface area contributed by atoms with Gasteiger partial charge in [-0.1, -0.05) is 12.1 Å². The van der Waals surface area contributed by atoms with Crippen molar-refractivity contribution in [3.8, 4) is 5.75 Å². The summed E-state index contributed by atoms with van der Waals surface area (Å²) in [6, 6.07) is 10.6. The maximum Gasteiger partial charge on any atom is 0.245 e. The Bertz CT molecular complexity index is 1250. The van der Waals surface area contributed by atoms with E-state index < -0.39 is 0 Å². The average molecular weight is 498 g/mol. The molecule has 6 nitrogen and oxygen atoms in total. The molecule has 0 atom stereocenters. The van der Waals surface area contributed by atoms with E-state index in [0.717, 1.165) is 18.4 Å². The Morgan fingerprint density at radius 3 is 2.75 bits per heavy atom. The summed E-state index contributed by atoms with van der Waals surface area (Å²) in [7, 11) is 1.58. The summed E-state index contributed by atoms with van der Waals surface area (Å²) < 4.78 is 26.2. The number of aryl methyl sites for hydroxylation is 1. The van der Waals surface area contributed by atoms with Gasteiger partial charge < -0.3 is 14.1 Å². The van der Waals surface area contributed by atoms with Crippen LogP contribution in [-0.2, 0) is 11.3 Å². The van der Waals surface area contributed by atoms with E-state index >= 15 is 0 Å². The van der Waals surface area contributed by atoms with E-state index in [-0.39, 0.29) is 24.7 Å². The van der Waals surface area contributed by atoms with E-state index in [9.17, 15) is 9.18 Å². The van der Waals surface area contributed by atoms with E-state index in [0.29, 0.717) is 50.3 Å². The number of anilines is 1. The minimum atomic E-state index is -0.297. The van der Waals surface area contributed by atoms with Gasteiger partial charge >= 0.3 is 0 Å². The summed E-state index contributed by atoms with van der Waals surface area (Å²) in [6.07, 6.45) is 2.16. The number of carbonyl (C=O) groups is 1. The molecule has 0 unspecified atom stereocenters. The molecule has 2 aliphatic rings. The zero-order chi connectivity index (χ0) is 22.4. The lowest BCUT2D eigenvalue weighted by molar-refractivity contribution is -0.117. The fourth-order valence-corrected chi connectivity index (χ4v) is 4.43. The van der Waals surface area contributed by atoms with E-state index in [1.165, 1.54) is 6.07 Å². The summed E-state index contributed by atoms with van der Waals surface area (Å²) in [4.78, 5) is 15.1. The van der Waals surface area contributed by atoms with Gasteiger partial charge in [0.1, 0.15) is 11.6 Å². The minimum absolute atomic E-state index is 0.0677. The third-order valence-corrected chi connectivity index (χ3v) is 6.73. The van der Waals surface area contributed by atoms with Crippen LogP contribution in [0.5, 0.6) is 5.75 Å². The standard InChI is InChI=1S/C24H21BrFN3O3/c1-13-3-4-14(9-19(13)26)12-29-20-10-16(31-2)7-8-17(20)22(25)18(11-21(29)30)24-28-27-23(32-24)15-5-6-15/h3-4,7-10,15H,5-6,11-12H2,1-2H3. The first kappa shape index (κ1) is 20.9. The number of hydrogen-bond donors (Lipinski definition) is 0. The van der Waals surface area contributed by atoms with Gasteiger partial charge in [-0.25, -0.2) is 4.39 Å². The lowest BCUT2D eigenvalue weighted by Gasteiger charge is -2.24. The van der Waals surface area contributed by atoms with Crippen molar-refractivity contribution >= 4 is 37.6 Å². The second-order valence-corrected chi connectivity index (χ2v) is 8.93.